The van der Waals surface area contributed by atoms with E-state index in [-0.39, 0.29) is 0 Å². The molecular weight excluding hydrogens is 250 g/mol. The molecule has 0 bridgehead atoms. The second-order valence-corrected chi connectivity index (χ2v) is 5.70. The van der Waals surface area contributed by atoms with Gasteiger partial charge in [-0.2, -0.15) is 0 Å². The maximum absolute atomic E-state index is 5.56. The molecule has 5 nitrogen and oxygen atoms in total. The van der Waals surface area contributed by atoms with Crippen molar-refractivity contribution >= 4 is 5.82 Å². The van der Waals surface area contributed by atoms with Gasteiger partial charge in [0.25, 0.3) is 0 Å². The van der Waals surface area contributed by atoms with Crippen LogP contribution in [0.4, 0.5) is 5.82 Å². The number of piperazine rings is 1. The number of rotatable bonds is 6. The minimum absolute atomic E-state index is 0.686. The van der Waals surface area contributed by atoms with Crippen LogP contribution in [0.3, 0.4) is 0 Å². The Kier molecular flexibility index (Phi) is 5.76. The average Bonchev–Trinajstić information content (AvgIpc) is 2.47. The number of nitrogens with two attached hydrogens (primary N) is 1. The highest BCUT2D eigenvalue weighted by atomic mass is 15.3. The molecule has 1 aromatic heterocycles. The summed E-state index contributed by atoms with van der Waals surface area (Å²) in [7, 11) is 4.26. The fraction of sp³-hybridized carbons (Fsp3) is 0.667. The van der Waals surface area contributed by atoms with E-state index in [0.717, 1.165) is 51.5 Å². The molecule has 1 aromatic rings. The topological polar surface area (TPSA) is 48.6 Å². The van der Waals surface area contributed by atoms with Crippen LogP contribution in [0.15, 0.2) is 18.3 Å². The Labute approximate surface area is 122 Å². The lowest BCUT2D eigenvalue weighted by molar-refractivity contribution is 0.229. The summed E-state index contributed by atoms with van der Waals surface area (Å²) >= 11 is 0. The van der Waals surface area contributed by atoms with Crippen LogP contribution in [0.25, 0.3) is 0 Å². The van der Waals surface area contributed by atoms with Crippen molar-refractivity contribution in [1.29, 1.82) is 0 Å². The molecule has 2 rings (SSSR count). The van der Waals surface area contributed by atoms with Crippen LogP contribution in [0.5, 0.6) is 0 Å². The molecule has 112 valence electrons. The molecule has 1 aliphatic heterocycles. The third kappa shape index (κ3) is 4.44. The van der Waals surface area contributed by atoms with E-state index >= 15 is 0 Å². The second-order valence-electron chi connectivity index (χ2n) is 5.70. The lowest BCUT2D eigenvalue weighted by Crippen LogP contribution is -2.48. The molecule has 0 amide bonds. The van der Waals surface area contributed by atoms with E-state index in [4.69, 9.17) is 5.73 Å². The van der Waals surface area contributed by atoms with E-state index < -0.39 is 0 Å². The fourth-order valence-corrected chi connectivity index (χ4v) is 2.46. The number of hydrogen-bond acceptors (Lipinski definition) is 5. The lowest BCUT2D eigenvalue weighted by atomic mass is 10.2. The lowest BCUT2D eigenvalue weighted by Gasteiger charge is -2.35. The third-order valence-corrected chi connectivity index (χ3v) is 3.80. The van der Waals surface area contributed by atoms with E-state index in [1.165, 1.54) is 5.56 Å². The molecule has 0 unspecified atom stereocenters. The van der Waals surface area contributed by atoms with Crippen molar-refractivity contribution in [1.82, 2.24) is 14.8 Å². The monoisotopic (exact) mass is 277 g/mol. The molecule has 5 heteroatoms. The Morgan fingerprint density at radius 3 is 2.50 bits per heavy atom. The van der Waals surface area contributed by atoms with Crippen molar-refractivity contribution in [2.75, 3.05) is 64.8 Å². The molecule has 0 atom stereocenters. The predicted octanol–water partition coefficient (Wildman–Crippen LogP) is 0.266. The largest absolute Gasteiger partial charge is 0.354 e. The number of likely N-dealkylation sites (N-methyl/N-ethyl adjacent to an activating group) is 1. The van der Waals surface area contributed by atoms with Crippen LogP contribution in [0.2, 0.25) is 0 Å². The van der Waals surface area contributed by atoms with Crippen molar-refractivity contribution in [3.8, 4) is 0 Å². The van der Waals surface area contributed by atoms with Crippen molar-refractivity contribution in [2.24, 2.45) is 5.73 Å². The van der Waals surface area contributed by atoms with Crippen LogP contribution >= 0.6 is 0 Å². The average molecular weight is 277 g/mol. The van der Waals surface area contributed by atoms with Gasteiger partial charge in [-0.3, -0.25) is 4.90 Å². The Bertz CT molecular complexity index is 382. The Balaban J connectivity index is 1.81. The molecule has 0 spiro atoms. The van der Waals surface area contributed by atoms with Gasteiger partial charge in [0.1, 0.15) is 5.82 Å². The quantitative estimate of drug-likeness (QED) is 0.809. The predicted molar refractivity (Wildman–Crippen MR) is 84.2 cm³/mol. The molecule has 0 radical (unpaired) electrons. The standard InChI is InChI=1S/C15H27N5/c1-18(2)7-8-19-9-11-20(12-10-19)15-4-3-14(5-6-16)13-17-15/h3-4,13H,5-12,16H2,1-2H3. The van der Waals surface area contributed by atoms with Gasteiger partial charge in [-0.05, 0) is 38.7 Å². The Hall–Kier alpha value is -1.17. The normalized spacial score (nSPS) is 16.9. The summed E-state index contributed by atoms with van der Waals surface area (Å²) in [6.07, 6.45) is 2.87. The summed E-state index contributed by atoms with van der Waals surface area (Å²) in [6, 6.07) is 4.27. The number of pyridine rings is 1. The van der Waals surface area contributed by atoms with Gasteiger partial charge in [-0.15, -0.1) is 0 Å². The van der Waals surface area contributed by atoms with Gasteiger partial charge in [0.15, 0.2) is 0 Å². The summed E-state index contributed by atoms with van der Waals surface area (Å²) < 4.78 is 0. The molecule has 0 aromatic carbocycles. The summed E-state index contributed by atoms with van der Waals surface area (Å²) in [4.78, 5) is 11.7. The molecular formula is C15H27N5. The number of hydrogen-bond donors (Lipinski definition) is 1. The van der Waals surface area contributed by atoms with Gasteiger partial charge >= 0.3 is 0 Å². The molecule has 0 aliphatic carbocycles. The summed E-state index contributed by atoms with van der Waals surface area (Å²) in [5.74, 6) is 1.10. The third-order valence-electron chi connectivity index (χ3n) is 3.80. The highest BCUT2D eigenvalue weighted by molar-refractivity contribution is 5.40. The van der Waals surface area contributed by atoms with Crippen LogP contribution in [-0.4, -0.2) is 74.7 Å². The van der Waals surface area contributed by atoms with Crippen molar-refractivity contribution < 1.29 is 0 Å². The number of aromatic nitrogens is 1. The zero-order chi connectivity index (χ0) is 14.4. The van der Waals surface area contributed by atoms with Gasteiger partial charge in [0.05, 0.1) is 0 Å². The molecule has 0 saturated carbocycles. The summed E-state index contributed by atoms with van der Waals surface area (Å²) in [5, 5.41) is 0. The van der Waals surface area contributed by atoms with Crippen LogP contribution < -0.4 is 10.6 Å². The Morgan fingerprint density at radius 2 is 1.95 bits per heavy atom. The number of nitrogens with zero attached hydrogens (tertiary/aromatic N) is 4. The summed E-state index contributed by atoms with van der Waals surface area (Å²) in [6.45, 7) is 7.36. The van der Waals surface area contributed by atoms with Crippen LogP contribution in [-0.2, 0) is 6.42 Å². The first-order chi connectivity index (χ1) is 9.69. The highest BCUT2D eigenvalue weighted by Gasteiger charge is 2.17. The van der Waals surface area contributed by atoms with E-state index in [2.05, 4.69) is 45.9 Å². The van der Waals surface area contributed by atoms with E-state index in [0.29, 0.717) is 6.54 Å². The zero-order valence-corrected chi connectivity index (χ0v) is 12.8. The fourth-order valence-electron chi connectivity index (χ4n) is 2.46. The highest BCUT2D eigenvalue weighted by Crippen LogP contribution is 2.14. The first-order valence-corrected chi connectivity index (χ1v) is 7.46. The molecule has 1 aliphatic rings. The van der Waals surface area contributed by atoms with Gasteiger partial charge in [-0.25, -0.2) is 4.98 Å². The smallest absolute Gasteiger partial charge is 0.128 e. The van der Waals surface area contributed by atoms with Gasteiger partial charge in [-0.1, -0.05) is 6.07 Å². The zero-order valence-electron chi connectivity index (χ0n) is 12.8. The van der Waals surface area contributed by atoms with Gasteiger partial charge < -0.3 is 15.5 Å². The maximum atomic E-state index is 5.56. The van der Waals surface area contributed by atoms with Crippen LogP contribution in [0, 0.1) is 0 Å². The van der Waals surface area contributed by atoms with E-state index in [1.807, 2.05) is 6.20 Å². The Morgan fingerprint density at radius 1 is 1.20 bits per heavy atom. The summed E-state index contributed by atoms with van der Waals surface area (Å²) in [5.41, 5.74) is 6.78. The van der Waals surface area contributed by atoms with Gasteiger partial charge in [0.2, 0.25) is 0 Å². The van der Waals surface area contributed by atoms with Crippen molar-refractivity contribution in [3.63, 3.8) is 0 Å². The maximum Gasteiger partial charge on any atom is 0.128 e. The second kappa shape index (κ2) is 7.57. The van der Waals surface area contributed by atoms with Crippen molar-refractivity contribution in [2.45, 2.75) is 6.42 Å². The van der Waals surface area contributed by atoms with E-state index in [9.17, 15) is 0 Å². The SMILES string of the molecule is CN(C)CCN1CCN(c2ccc(CCN)cn2)CC1. The van der Waals surface area contributed by atoms with Crippen LogP contribution in [0.1, 0.15) is 5.56 Å². The molecule has 20 heavy (non-hydrogen) atoms. The molecule has 1 saturated heterocycles. The minimum atomic E-state index is 0.686. The first-order valence-electron chi connectivity index (χ1n) is 7.46. The molecule has 1 fully saturated rings. The minimum Gasteiger partial charge on any atom is -0.354 e. The number of anilines is 1. The van der Waals surface area contributed by atoms with E-state index in [1.54, 1.807) is 0 Å². The molecule has 2 heterocycles. The van der Waals surface area contributed by atoms with Crippen molar-refractivity contribution in [3.05, 3.63) is 23.9 Å². The molecule has 2 N–H and O–H groups in total. The van der Waals surface area contributed by atoms with Gasteiger partial charge in [0, 0.05) is 45.5 Å². The first kappa shape index (κ1) is 15.2.